The van der Waals surface area contributed by atoms with Gasteiger partial charge < -0.3 is 19.5 Å². The number of rotatable bonds is 2. The summed E-state index contributed by atoms with van der Waals surface area (Å²) in [6.07, 6.45) is 2.96. The SMILES string of the molecule is COC(=O)c1cccc(NC(=O)N2CCc3cn(C)c4cccc(c34)C2)c1. The molecule has 2 aromatic carbocycles. The van der Waals surface area contributed by atoms with Crippen molar-refractivity contribution in [3.05, 3.63) is 65.4 Å². The number of hydrogen-bond acceptors (Lipinski definition) is 3. The maximum Gasteiger partial charge on any atom is 0.337 e. The lowest BCUT2D eigenvalue weighted by Crippen LogP contribution is -2.35. The van der Waals surface area contributed by atoms with Crippen molar-refractivity contribution in [3.8, 4) is 0 Å². The highest BCUT2D eigenvalue weighted by atomic mass is 16.5. The van der Waals surface area contributed by atoms with Gasteiger partial charge >= 0.3 is 12.0 Å². The second kappa shape index (κ2) is 6.79. The minimum atomic E-state index is -0.427. The number of nitrogens with one attached hydrogen (secondary N) is 1. The van der Waals surface area contributed by atoms with E-state index < -0.39 is 5.97 Å². The number of esters is 1. The van der Waals surface area contributed by atoms with Crippen LogP contribution in [0.5, 0.6) is 0 Å². The Balaban J connectivity index is 1.56. The van der Waals surface area contributed by atoms with Gasteiger partial charge in [0.05, 0.1) is 12.7 Å². The van der Waals surface area contributed by atoms with E-state index in [0.717, 1.165) is 12.0 Å². The molecule has 6 heteroatoms. The number of ether oxygens (including phenoxy) is 1. The molecular formula is C21H21N3O3. The molecule has 1 aliphatic rings. The van der Waals surface area contributed by atoms with Crippen LogP contribution >= 0.6 is 0 Å². The molecule has 0 radical (unpaired) electrons. The highest BCUT2D eigenvalue weighted by Crippen LogP contribution is 2.29. The van der Waals surface area contributed by atoms with E-state index in [1.165, 1.54) is 23.6 Å². The zero-order valence-corrected chi connectivity index (χ0v) is 15.4. The minimum Gasteiger partial charge on any atom is -0.465 e. The summed E-state index contributed by atoms with van der Waals surface area (Å²) in [6, 6.07) is 12.8. The highest BCUT2D eigenvalue weighted by molar-refractivity contribution is 5.94. The van der Waals surface area contributed by atoms with Crippen LogP contribution in [0.1, 0.15) is 21.5 Å². The van der Waals surface area contributed by atoms with Crippen LogP contribution in [0.3, 0.4) is 0 Å². The fourth-order valence-electron chi connectivity index (χ4n) is 3.70. The van der Waals surface area contributed by atoms with Gasteiger partial charge in [0, 0.05) is 42.9 Å². The Hall–Kier alpha value is -3.28. The van der Waals surface area contributed by atoms with Crippen molar-refractivity contribution < 1.29 is 14.3 Å². The summed E-state index contributed by atoms with van der Waals surface area (Å²) in [5.74, 6) is -0.427. The average Bonchev–Trinajstić information content (AvgIpc) is 2.89. The van der Waals surface area contributed by atoms with Gasteiger partial charge in [-0.05, 0) is 41.8 Å². The average molecular weight is 363 g/mol. The smallest absolute Gasteiger partial charge is 0.337 e. The van der Waals surface area contributed by atoms with E-state index in [1.807, 2.05) is 6.07 Å². The lowest BCUT2D eigenvalue weighted by Gasteiger charge is -2.22. The number of nitrogens with zero attached hydrogens (tertiary/aromatic N) is 2. The Morgan fingerprint density at radius 1 is 1.11 bits per heavy atom. The van der Waals surface area contributed by atoms with Crippen LogP contribution < -0.4 is 5.32 Å². The predicted octanol–water partition coefficient (Wildman–Crippen LogP) is 3.56. The summed E-state index contributed by atoms with van der Waals surface area (Å²) in [6.45, 7) is 1.19. The number of benzene rings is 2. The van der Waals surface area contributed by atoms with Crippen LogP contribution in [-0.2, 0) is 24.8 Å². The molecule has 0 atom stereocenters. The Bertz CT molecular complexity index is 1040. The number of aromatic nitrogens is 1. The molecule has 0 bridgehead atoms. The third kappa shape index (κ3) is 3.14. The first-order valence-corrected chi connectivity index (χ1v) is 8.87. The lowest BCUT2D eigenvalue weighted by atomic mass is 10.1. The van der Waals surface area contributed by atoms with E-state index in [4.69, 9.17) is 4.74 Å². The fraction of sp³-hybridized carbons (Fsp3) is 0.238. The molecule has 6 nitrogen and oxygen atoms in total. The van der Waals surface area contributed by atoms with Gasteiger partial charge in [0.25, 0.3) is 0 Å². The summed E-state index contributed by atoms with van der Waals surface area (Å²) >= 11 is 0. The van der Waals surface area contributed by atoms with Crippen molar-refractivity contribution in [3.63, 3.8) is 0 Å². The number of anilines is 1. The molecule has 2 amide bonds. The third-order valence-electron chi connectivity index (χ3n) is 5.01. The minimum absolute atomic E-state index is 0.177. The molecule has 0 unspecified atom stereocenters. The predicted molar refractivity (Wildman–Crippen MR) is 104 cm³/mol. The van der Waals surface area contributed by atoms with Gasteiger partial charge in [0.2, 0.25) is 0 Å². The standard InChI is InChI=1S/C21H21N3O3/c1-23-12-16-9-10-24(13-15-6-4-8-18(23)19(15)16)21(26)22-17-7-3-5-14(11-17)20(25)27-2/h3-8,11-12H,9-10,13H2,1-2H3,(H,22,26). The number of carbonyl (C=O) groups excluding carboxylic acids is 2. The number of carbonyl (C=O) groups is 2. The number of hydrogen-bond donors (Lipinski definition) is 1. The van der Waals surface area contributed by atoms with Gasteiger partial charge in [-0.15, -0.1) is 0 Å². The second-order valence-electron chi connectivity index (χ2n) is 6.75. The topological polar surface area (TPSA) is 63.6 Å². The molecule has 138 valence electrons. The van der Waals surface area contributed by atoms with Gasteiger partial charge in [0.15, 0.2) is 0 Å². The van der Waals surface area contributed by atoms with Crippen LogP contribution in [0, 0.1) is 0 Å². The first-order chi connectivity index (χ1) is 13.1. The fourth-order valence-corrected chi connectivity index (χ4v) is 3.70. The van der Waals surface area contributed by atoms with Crippen molar-refractivity contribution in [2.24, 2.45) is 7.05 Å². The molecule has 0 aliphatic carbocycles. The third-order valence-corrected chi connectivity index (χ3v) is 5.01. The van der Waals surface area contributed by atoms with Gasteiger partial charge in [0.1, 0.15) is 0 Å². The van der Waals surface area contributed by atoms with Gasteiger partial charge in [-0.25, -0.2) is 9.59 Å². The van der Waals surface area contributed by atoms with Gasteiger partial charge in [-0.1, -0.05) is 18.2 Å². The van der Waals surface area contributed by atoms with Gasteiger partial charge in [-0.2, -0.15) is 0 Å². The summed E-state index contributed by atoms with van der Waals surface area (Å²) in [7, 11) is 3.39. The number of aryl methyl sites for hydroxylation is 1. The monoisotopic (exact) mass is 363 g/mol. The largest absolute Gasteiger partial charge is 0.465 e. The zero-order chi connectivity index (χ0) is 19.0. The van der Waals surface area contributed by atoms with Crippen LogP contribution in [0.15, 0.2) is 48.7 Å². The van der Waals surface area contributed by atoms with Crippen LogP contribution in [0.25, 0.3) is 10.9 Å². The molecule has 2 heterocycles. The molecule has 4 rings (SSSR count). The van der Waals surface area contributed by atoms with E-state index >= 15 is 0 Å². The molecule has 1 N–H and O–H groups in total. The Morgan fingerprint density at radius 3 is 2.74 bits per heavy atom. The summed E-state index contributed by atoms with van der Waals surface area (Å²) in [4.78, 5) is 26.3. The molecule has 0 saturated carbocycles. The second-order valence-corrected chi connectivity index (χ2v) is 6.75. The maximum absolute atomic E-state index is 12.8. The quantitative estimate of drug-likeness (QED) is 0.708. The first kappa shape index (κ1) is 17.1. The van der Waals surface area contributed by atoms with E-state index in [-0.39, 0.29) is 6.03 Å². The summed E-state index contributed by atoms with van der Waals surface area (Å²) in [5.41, 5.74) is 4.59. The van der Waals surface area contributed by atoms with E-state index in [9.17, 15) is 9.59 Å². The van der Waals surface area contributed by atoms with Crippen LogP contribution in [-0.4, -0.2) is 35.1 Å². The Labute approximate surface area is 157 Å². The molecular weight excluding hydrogens is 342 g/mol. The van der Waals surface area contributed by atoms with Crippen molar-refractivity contribution in [1.29, 1.82) is 0 Å². The molecule has 3 aromatic rings. The maximum atomic E-state index is 12.8. The molecule has 0 spiro atoms. The van der Waals surface area contributed by atoms with E-state index in [0.29, 0.717) is 24.3 Å². The van der Waals surface area contributed by atoms with E-state index in [1.54, 1.807) is 29.2 Å². The number of methoxy groups -OCH3 is 1. The Morgan fingerprint density at radius 2 is 1.93 bits per heavy atom. The molecule has 0 saturated heterocycles. The van der Waals surface area contributed by atoms with Crippen molar-refractivity contribution in [1.82, 2.24) is 9.47 Å². The van der Waals surface area contributed by atoms with Crippen LogP contribution in [0.4, 0.5) is 10.5 Å². The van der Waals surface area contributed by atoms with E-state index in [2.05, 4.69) is 35.3 Å². The zero-order valence-electron chi connectivity index (χ0n) is 15.4. The molecule has 27 heavy (non-hydrogen) atoms. The summed E-state index contributed by atoms with van der Waals surface area (Å²) in [5, 5.41) is 4.15. The van der Waals surface area contributed by atoms with Crippen molar-refractivity contribution >= 4 is 28.6 Å². The number of amides is 2. The first-order valence-electron chi connectivity index (χ1n) is 8.87. The number of urea groups is 1. The van der Waals surface area contributed by atoms with Gasteiger partial charge in [-0.3, -0.25) is 0 Å². The molecule has 1 aliphatic heterocycles. The molecule has 1 aromatic heterocycles. The summed E-state index contributed by atoms with van der Waals surface area (Å²) < 4.78 is 6.88. The normalized spacial score (nSPS) is 13.3. The van der Waals surface area contributed by atoms with Crippen LogP contribution in [0.2, 0.25) is 0 Å². The highest BCUT2D eigenvalue weighted by Gasteiger charge is 2.22. The Kier molecular flexibility index (Phi) is 4.32. The molecule has 0 fully saturated rings. The van der Waals surface area contributed by atoms with Crippen molar-refractivity contribution in [2.75, 3.05) is 19.0 Å². The lowest BCUT2D eigenvalue weighted by molar-refractivity contribution is 0.0600. The van der Waals surface area contributed by atoms with Crippen molar-refractivity contribution in [2.45, 2.75) is 13.0 Å².